The van der Waals surface area contributed by atoms with E-state index in [-0.39, 0.29) is 0 Å². The van der Waals surface area contributed by atoms with Crippen LogP contribution in [0.3, 0.4) is 0 Å². The number of rotatable bonds is 1. The van der Waals surface area contributed by atoms with Crippen molar-refractivity contribution in [2.45, 2.75) is 4.30 Å². The van der Waals surface area contributed by atoms with Crippen LogP contribution in [0.15, 0.2) is 0 Å². The minimum Gasteiger partial charge on any atom is -0.351 e. The third-order valence-electron chi connectivity index (χ3n) is 0.211. The van der Waals surface area contributed by atoms with E-state index in [4.69, 9.17) is 34.8 Å². The van der Waals surface area contributed by atoms with Gasteiger partial charge in [0.25, 0.3) is 0 Å². The summed E-state index contributed by atoms with van der Waals surface area (Å²) in [7, 11) is 3.38. The second-order valence-electron chi connectivity index (χ2n) is 1.32. The molecule has 9 heavy (non-hydrogen) atoms. The monoisotopic (exact) mass is 191 g/mol. The summed E-state index contributed by atoms with van der Waals surface area (Å²) in [6.45, 7) is 0. The fourth-order valence-corrected chi connectivity index (χ4v) is 0. The lowest BCUT2D eigenvalue weighted by Crippen LogP contribution is -2.06. The molecule has 0 aliphatic carbocycles. The molecule has 1 amide bonds. The van der Waals surface area contributed by atoms with Crippen LogP contribution >= 0.6 is 34.8 Å². The molecule has 0 heterocycles. The van der Waals surface area contributed by atoms with Gasteiger partial charge in [0.1, 0.15) is 0 Å². The Balaban J connectivity index is 0. The van der Waals surface area contributed by atoms with Gasteiger partial charge in [-0.15, -0.1) is 0 Å². The van der Waals surface area contributed by atoms with Crippen LogP contribution in [0.4, 0.5) is 0 Å². The predicted molar refractivity (Wildman–Crippen MR) is 41.1 cm³/mol. The highest BCUT2D eigenvalue weighted by molar-refractivity contribution is 6.63. The maximum absolute atomic E-state index is 9.43. The van der Waals surface area contributed by atoms with Gasteiger partial charge >= 0.3 is 0 Å². The van der Waals surface area contributed by atoms with E-state index in [9.17, 15) is 4.79 Å². The van der Waals surface area contributed by atoms with Gasteiger partial charge in [0.2, 0.25) is 6.41 Å². The summed E-state index contributed by atoms with van der Waals surface area (Å²) >= 11 is 14.4. The molecule has 2 nitrogen and oxygen atoms in total. The first-order valence-electron chi connectivity index (χ1n) is 2.04. The number of halogens is 3. The highest BCUT2D eigenvalue weighted by Gasteiger charge is 1.78. The summed E-state index contributed by atoms with van der Waals surface area (Å²) < 4.78 is -0.750. The van der Waals surface area contributed by atoms with Crippen molar-refractivity contribution in [2.75, 3.05) is 14.1 Å². The van der Waals surface area contributed by atoms with Crippen molar-refractivity contribution in [3.63, 3.8) is 0 Å². The number of alkyl halides is 3. The van der Waals surface area contributed by atoms with Crippen LogP contribution in [0, 0.1) is 0 Å². The van der Waals surface area contributed by atoms with E-state index in [0.717, 1.165) is 6.41 Å². The van der Waals surface area contributed by atoms with Gasteiger partial charge in [-0.05, 0) is 0 Å². The number of carbonyl (C=O) groups excluding carboxylic acids is 1. The van der Waals surface area contributed by atoms with Crippen molar-refractivity contribution in [3.05, 3.63) is 0 Å². The molecule has 0 N–H and O–H groups in total. The van der Waals surface area contributed by atoms with Crippen LogP contribution in [0.2, 0.25) is 0 Å². The second-order valence-corrected chi connectivity index (χ2v) is 3.30. The van der Waals surface area contributed by atoms with Gasteiger partial charge in [0, 0.05) is 14.1 Å². The molecule has 0 unspecified atom stereocenters. The Morgan fingerprint density at radius 1 is 1.33 bits per heavy atom. The summed E-state index contributed by atoms with van der Waals surface area (Å²) in [6, 6.07) is 0. The molecule has 0 atom stereocenters. The SMILES string of the molecule is CN(C)C=O.ClC(Cl)Cl. The van der Waals surface area contributed by atoms with Crippen molar-refractivity contribution < 1.29 is 4.79 Å². The lowest BCUT2D eigenvalue weighted by Gasteiger charge is -1.93. The maximum atomic E-state index is 9.43. The molecule has 0 radical (unpaired) electrons. The Morgan fingerprint density at radius 3 is 1.44 bits per heavy atom. The fraction of sp³-hybridized carbons (Fsp3) is 0.750. The van der Waals surface area contributed by atoms with Crippen LogP contribution in [0.1, 0.15) is 0 Å². The number of hydrogen-bond donors (Lipinski definition) is 0. The zero-order valence-electron chi connectivity index (χ0n) is 5.14. The van der Waals surface area contributed by atoms with Crippen LogP contribution in [0.25, 0.3) is 0 Å². The van der Waals surface area contributed by atoms with Gasteiger partial charge in [0.05, 0.1) is 0 Å². The van der Waals surface area contributed by atoms with E-state index >= 15 is 0 Å². The van der Waals surface area contributed by atoms with E-state index in [1.807, 2.05) is 0 Å². The van der Waals surface area contributed by atoms with Crippen LogP contribution in [0.5, 0.6) is 0 Å². The minimum atomic E-state index is -0.750. The fourth-order valence-electron chi connectivity index (χ4n) is 0. The summed E-state index contributed by atoms with van der Waals surface area (Å²) in [5.74, 6) is 0. The summed E-state index contributed by atoms with van der Waals surface area (Å²) in [5.41, 5.74) is 0. The van der Waals surface area contributed by atoms with Crippen molar-refractivity contribution in [2.24, 2.45) is 0 Å². The molecule has 0 saturated heterocycles. The number of carbonyl (C=O) groups is 1. The Morgan fingerprint density at radius 2 is 1.44 bits per heavy atom. The van der Waals surface area contributed by atoms with Crippen LogP contribution in [-0.2, 0) is 4.79 Å². The molecule has 0 aromatic rings. The molecule has 0 rings (SSSR count). The van der Waals surface area contributed by atoms with Crippen LogP contribution in [-0.4, -0.2) is 29.7 Å². The molecule has 0 aliphatic rings. The number of nitrogens with zero attached hydrogens (tertiary/aromatic N) is 1. The molecule has 0 aromatic heterocycles. The lowest BCUT2D eigenvalue weighted by atomic mass is 11.0. The predicted octanol–water partition coefficient (Wildman–Crippen LogP) is 1.69. The van der Waals surface area contributed by atoms with Gasteiger partial charge in [-0.25, -0.2) is 0 Å². The van der Waals surface area contributed by atoms with Gasteiger partial charge in [-0.3, -0.25) is 4.79 Å². The Kier molecular flexibility index (Phi) is 11.2. The van der Waals surface area contributed by atoms with E-state index in [1.165, 1.54) is 4.90 Å². The highest BCUT2D eigenvalue weighted by atomic mass is 35.6. The van der Waals surface area contributed by atoms with Gasteiger partial charge in [-0.2, -0.15) is 0 Å². The Bertz CT molecular complexity index is 64.1. The molecule has 0 aromatic carbocycles. The van der Waals surface area contributed by atoms with E-state index in [1.54, 1.807) is 14.1 Å². The molecular formula is C4H8Cl3NO. The van der Waals surface area contributed by atoms with Crippen molar-refractivity contribution in [1.29, 1.82) is 0 Å². The third-order valence-corrected chi connectivity index (χ3v) is 0.211. The molecule has 0 saturated carbocycles. The molecule has 0 aliphatic heterocycles. The normalized spacial score (nSPS) is 7.78. The van der Waals surface area contributed by atoms with Gasteiger partial charge in [0.15, 0.2) is 4.30 Å². The standard InChI is InChI=1S/C3H7NO.CHCl3/c1-4(2)3-5;2-1(3)4/h3H,1-2H3;1H. The van der Waals surface area contributed by atoms with Crippen LogP contribution < -0.4 is 0 Å². The first-order chi connectivity index (χ1) is 4.00. The van der Waals surface area contributed by atoms with Crippen molar-refractivity contribution in [1.82, 2.24) is 4.90 Å². The maximum Gasteiger partial charge on any atom is 0.209 e. The smallest absolute Gasteiger partial charge is 0.209 e. The topological polar surface area (TPSA) is 20.3 Å². The third kappa shape index (κ3) is 61.2. The van der Waals surface area contributed by atoms with Gasteiger partial charge < -0.3 is 4.90 Å². The molecule has 5 heteroatoms. The minimum absolute atomic E-state index is 0.750. The highest BCUT2D eigenvalue weighted by Crippen LogP contribution is 2.03. The van der Waals surface area contributed by atoms with E-state index < -0.39 is 4.30 Å². The van der Waals surface area contributed by atoms with Crippen molar-refractivity contribution in [3.8, 4) is 0 Å². The van der Waals surface area contributed by atoms with Crippen molar-refractivity contribution >= 4 is 41.2 Å². The zero-order valence-corrected chi connectivity index (χ0v) is 7.41. The molecule has 0 bridgehead atoms. The quantitative estimate of drug-likeness (QED) is 0.457. The molecule has 0 spiro atoms. The Labute approximate surface area is 69.7 Å². The largest absolute Gasteiger partial charge is 0.351 e. The second kappa shape index (κ2) is 8.34. The average molecular weight is 192 g/mol. The first kappa shape index (κ1) is 12.1. The van der Waals surface area contributed by atoms with E-state index in [0.29, 0.717) is 0 Å². The molecule has 56 valence electrons. The number of amides is 1. The van der Waals surface area contributed by atoms with E-state index in [2.05, 4.69) is 0 Å². The zero-order chi connectivity index (χ0) is 7.86. The lowest BCUT2D eigenvalue weighted by molar-refractivity contribution is -0.115. The molecular weight excluding hydrogens is 184 g/mol. The Hall–Kier alpha value is 0.340. The molecule has 0 fully saturated rings. The van der Waals surface area contributed by atoms with Gasteiger partial charge in [-0.1, -0.05) is 34.8 Å². The summed E-state index contributed by atoms with van der Waals surface area (Å²) in [5, 5.41) is 0. The summed E-state index contributed by atoms with van der Waals surface area (Å²) in [6.07, 6.45) is 0.750. The average Bonchev–Trinajstić information content (AvgIpc) is 1.65. The summed E-state index contributed by atoms with van der Waals surface area (Å²) in [4.78, 5) is 10.9. The number of hydrogen-bond acceptors (Lipinski definition) is 1. The first-order valence-corrected chi connectivity index (χ1v) is 3.35.